The molecule has 0 saturated heterocycles. The molecule has 0 spiro atoms. The van der Waals surface area contributed by atoms with Gasteiger partial charge in [0, 0.05) is 38.1 Å². The lowest BCUT2D eigenvalue weighted by atomic mass is 9.88. The van der Waals surface area contributed by atoms with E-state index >= 15 is 0 Å². The van der Waals surface area contributed by atoms with E-state index in [4.69, 9.17) is 4.74 Å². The summed E-state index contributed by atoms with van der Waals surface area (Å²) in [5.74, 6) is 0.801. The van der Waals surface area contributed by atoms with Crippen LogP contribution in [0, 0.1) is 0 Å². The van der Waals surface area contributed by atoms with Crippen LogP contribution in [0.15, 0.2) is 91.1 Å². The molecular weight excluding hydrogens is 472 g/mol. The Kier molecular flexibility index (Phi) is 9.11. The Morgan fingerprint density at radius 3 is 2.47 bits per heavy atom. The van der Waals surface area contributed by atoms with E-state index in [1.165, 1.54) is 16.7 Å². The Bertz CT molecular complexity index is 1400. The fourth-order valence-corrected chi connectivity index (χ4v) is 4.39. The largest absolute Gasteiger partial charge is 0.492 e. The molecule has 1 heterocycles. The van der Waals surface area contributed by atoms with E-state index in [1.807, 2.05) is 31.3 Å². The number of hydrogen-bond donors (Lipinski definition) is 2. The minimum Gasteiger partial charge on any atom is -0.492 e. The molecule has 1 aromatic heterocycles. The van der Waals surface area contributed by atoms with Crippen molar-refractivity contribution in [1.29, 1.82) is 0 Å². The highest BCUT2D eigenvalue weighted by Crippen LogP contribution is 2.36. The molecule has 6 nitrogen and oxygen atoms in total. The van der Waals surface area contributed by atoms with Crippen molar-refractivity contribution < 1.29 is 9.53 Å². The number of ether oxygens (including phenoxy) is 1. The molecule has 0 aliphatic rings. The highest BCUT2D eigenvalue weighted by molar-refractivity contribution is 6.00. The van der Waals surface area contributed by atoms with Crippen LogP contribution >= 0.6 is 0 Å². The molecule has 4 rings (SSSR count). The van der Waals surface area contributed by atoms with Crippen LogP contribution in [-0.4, -0.2) is 54.3 Å². The number of nitrogens with one attached hydrogen (secondary N) is 2. The first-order valence-electron chi connectivity index (χ1n) is 13.0. The fraction of sp³-hybridized carbons (Fsp3) is 0.250. The van der Waals surface area contributed by atoms with Gasteiger partial charge in [0.05, 0.1) is 11.7 Å². The van der Waals surface area contributed by atoms with E-state index in [0.717, 1.165) is 34.2 Å². The molecular formula is C32H36N4O2. The van der Waals surface area contributed by atoms with Crippen molar-refractivity contribution in [2.45, 2.75) is 26.3 Å². The van der Waals surface area contributed by atoms with Gasteiger partial charge < -0.3 is 15.0 Å². The Morgan fingerprint density at radius 2 is 1.76 bits per heavy atom. The number of H-pyrrole nitrogens is 1. The lowest BCUT2D eigenvalue weighted by Gasteiger charge is -2.17. The number of allylic oxidation sites excluding steroid dienone is 1. The minimum atomic E-state index is -0.0217. The zero-order valence-electron chi connectivity index (χ0n) is 22.6. The maximum absolute atomic E-state index is 11.7. The quantitative estimate of drug-likeness (QED) is 0.150. The number of amides is 1. The Balaban J connectivity index is 1.51. The number of hydrogen-bond acceptors (Lipinski definition) is 4. The topological polar surface area (TPSA) is 70.2 Å². The van der Waals surface area contributed by atoms with Crippen molar-refractivity contribution in [3.05, 3.63) is 108 Å². The summed E-state index contributed by atoms with van der Waals surface area (Å²) in [7, 11) is 3.48. The molecule has 3 aromatic carbocycles. The third kappa shape index (κ3) is 6.78. The summed E-state index contributed by atoms with van der Waals surface area (Å²) in [4.78, 5) is 13.2. The third-order valence-electron chi connectivity index (χ3n) is 6.45. The Hall–Kier alpha value is -4.16. The van der Waals surface area contributed by atoms with Gasteiger partial charge in [0.1, 0.15) is 12.4 Å². The van der Waals surface area contributed by atoms with Crippen molar-refractivity contribution in [3.63, 3.8) is 0 Å². The van der Waals surface area contributed by atoms with Crippen LogP contribution in [-0.2, 0) is 4.79 Å². The Morgan fingerprint density at radius 1 is 1.03 bits per heavy atom. The second kappa shape index (κ2) is 12.9. The highest BCUT2D eigenvalue weighted by Gasteiger charge is 2.14. The lowest BCUT2D eigenvalue weighted by molar-refractivity contribution is -0.123. The number of nitrogens with zero attached hydrogens (tertiary/aromatic N) is 2. The average Bonchev–Trinajstić information content (AvgIpc) is 3.41. The molecule has 1 amide bonds. The minimum absolute atomic E-state index is 0.0217. The maximum Gasteiger partial charge on any atom is 0.245 e. The molecule has 1 unspecified atom stereocenters. The van der Waals surface area contributed by atoms with E-state index < -0.39 is 0 Å². The van der Waals surface area contributed by atoms with Crippen LogP contribution in [0.4, 0.5) is 0 Å². The van der Waals surface area contributed by atoms with Crippen LogP contribution in [0.3, 0.4) is 0 Å². The van der Waals surface area contributed by atoms with Crippen LogP contribution in [0.1, 0.15) is 37.0 Å². The molecule has 0 fully saturated rings. The molecule has 0 saturated carbocycles. The van der Waals surface area contributed by atoms with Crippen molar-refractivity contribution in [2.24, 2.45) is 0 Å². The number of carbonyl (C=O) groups is 1. The summed E-state index contributed by atoms with van der Waals surface area (Å²) in [5, 5.41) is 11.7. The van der Waals surface area contributed by atoms with Crippen molar-refractivity contribution in [1.82, 2.24) is 20.4 Å². The van der Waals surface area contributed by atoms with E-state index in [9.17, 15) is 4.79 Å². The number of rotatable bonds is 11. The smallest absolute Gasteiger partial charge is 0.245 e. The van der Waals surface area contributed by atoms with Crippen molar-refractivity contribution in [3.8, 4) is 5.75 Å². The van der Waals surface area contributed by atoms with Gasteiger partial charge in [0.2, 0.25) is 5.91 Å². The van der Waals surface area contributed by atoms with E-state index in [2.05, 4.69) is 83.1 Å². The van der Waals surface area contributed by atoms with Crippen LogP contribution in [0.25, 0.3) is 22.0 Å². The number of benzene rings is 3. The van der Waals surface area contributed by atoms with Gasteiger partial charge in [0.15, 0.2) is 0 Å². The van der Waals surface area contributed by atoms with E-state index in [-0.39, 0.29) is 11.9 Å². The molecule has 196 valence electrons. The van der Waals surface area contributed by atoms with Gasteiger partial charge in [-0.15, -0.1) is 0 Å². The first-order valence-corrected chi connectivity index (χ1v) is 13.0. The lowest BCUT2D eigenvalue weighted by Crippen LogP contribution is -2.29. The average molecular weight is 509 g/mol. The number of likely N-dealkylation sites (N-methyl/N-ethyl adjacent to an activating group) is 1. The summed E-state index contributed by atoms with van der Waals surface area (Å²) in [6.07, 6.45) is 6.22. The number of aromatic amines is 1. The zero-order chi connectivity index (χ0) is 26.9. The summed E-state index contributed by atoms with van der Waals surface area (Å²) in [6, 6.07) is 25.4. The van der Waals surface area contributed by atoms with Gasteiger partial charge in [-0.05, 0) is 65.4 Å². The molecule has 38 heavy (non-hydrogen) atoms. The van der Waals surface area contributed by atoms with Crippen LogP contribution < -0.4 is 10.1 Å². The maximum atomic E-state index is 11.7. The molecule has 6 heteroatoms. The highest BCUT2D eigenvalue weighted by atomic mass is 16.5. The zero-order valence-corrected chi connectivity index (χ0v) is 22.6. The fourth-order valence-electron chi connectivity index (χ4n) is 4.39. The van der Waals surface area contributed by atoms with Crippen molar-refractivity contribution in [2.75, 3.05) is 27.2 Å². The Labute approximate surface area is 225 Å². The van der Waals surface area contributed by atoms with Crippen LogP contribution in [0.2, 0.25) is 0 Å². The molecule has 0 radical (unpaired) electrons. The summed E-state index contributed by atoms with van der Waals surface area (Å²) >= 11 is 0. The van der Waals surface area contributed by atoms with Crippen molar-refractivity contribution >= 4 is 28.0 Å². The molecule has 4 aromatic rings. The third-order valence-corrected chi connectivity index (χ3v) is 6.45. The monoisotopic (exact) mass is 508 g/mol. The van der Waals surface area contributed by atoms with Gasteiger partial charge in [-0.1, -0.05) is 61.5 Å². The van der Waals surface area contributed by atoms with Crippen LogP contribution in [0.5, 0.6) is 5.75 Å². The molecule has 0 aliphatic carbocycles. The van der Waals surface area contributed by atoms with Gasteiger partial charge >= 0.3 is 0 Å². The van der Waals surface area contributed by atoms with Gasteiger partial charge in [-0.2, -0.15) is 5.10 Å². The standard InChI is InChI=1S/C32H36N4O2/c1-5-29(24-9-7-6-8-10-24)32(26-14-17-30-27(21-26)22-34-35-30)25-12-15-28(16-13-25)38-20-19-33-23(2)11-18-31(37)36(3)4/h6-18,21-23,33H,5,19-20H2,1-4H3,(H,34,35). The van der Waals surface area contributed by atoms with Gasteiger partial charge in [0.25, 0.3) is 0 Å². The second-order valence-corrected chi connectivity index (χ2v) is 9.45. The summed E-state index contributed by atoms with van der Waals surface area (Å²) in [6.45, 7) is 5.42. The molecule has 1 atom stereocenters. The second-order valence-electron chi connectivity index (χ2n) is 9.45. The normalized spacial score (nSPS) is 12.9. The molecule has 2 N–H and O–H groups in total. The first kappa shape index (κ1) is 26.9. The van der Waals surface area contributed by atoms with E-state index in [1.54, 1.807) is 25.1 Å². The molecule has 0 bridgehead atoms. The number of fused-ring (bicyclic) bond motifs is 1. The predicted molar refractivity (Wildman–Crippen MR) is 156 cm³/mol. The predicted octanol–water partition coefficient (Wildman–Crippen LogP) is 5.93. The summed E-state index contributed by atoms with van der Waals surface area (Å²) < 4.78 is 5.99. The molecule has 0 aliphatic heterocycles. The SMILES string of the molecule is CCC(=C(c1ccc(OCCNC(C)C=CC(=O)N(C)C)cc1)c1ccc2[nH]ncc2c1)c1ccccc1. The summed E-state index contributed by atoms with van der Waals surface area (Å²) in [5.41, 5.74) is 7.05. The number of carbonyl (C=O) groups excluding carboxylic acids is 1. The van der Waals surface area contributed by atoms with Gasteiger partial charge in [-0.3, -0.25) is 9.89 Å². The van der Waals surface area contributed by atoms with Gasteiger partial charge in [-0.25, -0.2) is 0 Å². The first-order chi connectivity index (χ1) is 18.5. The van der Waals surface area contributed by atoms with E-state index in [0.29, 0.717) is 13.2 Å². The number of aromatic nitrogens is 2.